The Morgan fingerprint density at radius 3 is 2.73 bits per heavy atom. The highest BCUT2D eigenvalue weighted by molar-refractivity contribution is 9.09. The Kier molecular flexibility index (Phi) is 5.05. The predicted octanol–water partition coefficient (Wildman–Crippen LogP) is 2.85. The average molecular weight is 333 g/mol. The van der Waals surface area contributed by atoms with Gasteiger partial charge in [-0.3, -0.25) is 0 Å². The second-order valence-corrected chi connectivity index (χ2v) is 7.92. The lowest BCUT2D eigenvalue weighted by Crippen LogP contribution is -2.28. The zero-order chi connectivity index (χ0) is 11.5. The number of nitrogens with one attached hydrogen (secondary N) is 1. The van der Waals surface area contributed by atoms with Crippen molar-refractivity contribution < 1.29 is 8.42 Å². The van der Waals surface area contributed by atoms with Crippen molar-refractivity contribution in [2.45, 2.75) is 22.4 Å². The van der Waals surface area contributed by atoms with Crippen molar-refractivity contribution in [3.63, 3.8) is 0 Å². The van der Waals surface area contributed by atoms with Crippen molar-refractivity contribution in [1.82, 2.24) is 4.72 Å². The van der Waals surface area contributed by atoms with E-state index >= 15 is 0 Å². The smallest absolute Gasteiger partial charge is 0.209 e. The van der Waals surface area contributed by atoms with E-state index in [4.69, 9.17) is 11.6 Å². The van der Waals surface area contributed by atoms with E-state index in [0.29, 0.717) is 10.9 Å². The Balaban J connectivity index is 2.68. The summed E-state index contributed by atoms with van der Waals surface area (Å²) in [5, 5.41) is 0. The average Bonchev–Trinajstić information content (AvgIpc) is 2.62. The van der Waals surface area contributed by atoms with E-state index < -0.39 is 10.0 Å². The Morgan fingerprint density at radius 1 is 1.60 bits per heavy atom. The maximum Gasteiger partial charge on any atom is 0.250 e. The van der Waals surface area contributed by atoms with E-state index in [1.165, 1.54) is 6.07 Å². The molecule has 0 spiro atoms. The highest BCUT2D eigenvalue weighted by Crippen LogP contribution is 2.25. The van der Waals surface area contributed by atoms with E-state index in [1.807, 2.05) is 6.92 Å². The zero-order valence-corrected chi connectivity index (χ0v) is 12.0. The van der Waals surface area contributed by atoms with Crippen molar-refractivity contribution in [3.05, 3.63) is 16.5 Å². The van der Waals surface area contributed by atoms with Gasteiger partial charge in [0, 0.05) is 11.4 Å². The molecule has 1 N–H and O–H groups in total. The molecule has 0 aromatic carbocycles. The summed E-state index contributed by atoms with van der Waals surface area (Å²) >= 11 is 10.1. The summed E-state index contributed by atoms with van der Waals surface area (Å²) in [4.78, 5) is 0.155. The minimum Gasteiger partial charge on any atom is -0.209 e. The van der Waals surface area contributed by atoms with Gasteiger partial charge >= 0.3 is 0 Å². The zero-order valence-electron chi connectivity index (χ0n) is 8.04. The fourth-order valence-electron chi connectivity index (χ4n) is 0.858. The SMILES string of the molecule is CCC(Br)CNS(=O)(=O)c1ccc(Cl)s1. The van der Waals surface area contributed by atoms with Gasteiger partial charge in [0.1, 0.15) is 4.21 Å². The summed E-state index contributed by atoms with van der Waals surface area (Å²) in [5.41, 5.74) is 0. The quantitative estimate of drug-likeness (QED) is 0.843. The Labute approximate surface area is 107 Å². The molecule has 0 aliphatic rings. The van der Waals surface area contributed by atoms with E-state index in [0.717, 1.165) is 17.8 Å². The first-order valence-electron chi connectivity index (χ1n) is 4.34. The summed E-state index contributed by atoms with van der Waals surface area (Å²) in [6, 6.07) is 3.08. The van der Waals surface area contributed by atoms with Crippen LogP contribution in [0.15, 0.2) is 16.3 Å². The van der Waals surface area contributed by atoms with Gasteiger partial charge in [-0.1, -0.05) is 34.5 Å². The molecule has 0 saturated carbocycles. The molecule has 86 valence electrons. The van der Waals surface area contributed by atoms with Gasteiger partial charge in [-0.15, -0.1) is 11.3 Å². The van der Waals surface area contributed by atoms with E-state index in [-0.39, 0.29) is 9.04 Å². The minimum absolute atomic E-state index is 0.155. The van der Waals surface area contributed by atoms with Crippen LogP contribution in [-0.4, -0.2) is 19.8 Å². The number of rotatable bonds is 5. The third kappa shape index (κ3) is 4.03. The minimum atomic E-state index is -3.39. The third-order valence-electron chi connectivity index (χ3n) is 1.75. The standard InChI is InChI=1S/C8H11BrClNO2S2/c1-2-6(9)5-11-15(12,13)8-4-3-7(10)14-8/h3-4,6,11H,2,5H2,1H3. The van der Waals surface area contributed by atoms with Crippen molar-refractivity contribution in [2.24, 2.45) is 0 Å². The van der Waals surface area contributed by atoms with E-state index in [2.05, 4.69) is 20.7 Å². The predicted molar refractivity (Wildman–Crippen MR) is 67.5 cm³/mol. The second kappa shape index (κ2) is 5.63. The molecule has 1 aromatic heterocycles. The third-order valence-corrected chi connectivity index (χ3v) is 5.87. The first kappa shape index (κ1) is 13.4. The van der Waals surface area contributed by atoms with Crippen molar-refractivity contribution >= 4 is 48.9 Å². The number of hydrogen-bond donors (Lipinski definition) is 1. The van der Waals surface area contributed by atoms with Gasteiger partial charge in [-0.05, 0) is 18.6 Å². The molecular formula is C8H11BrClNO2S2. The number of hydrogen-bond acceptors (Lipinski definition) is 3. The molecule has 0 amide bonds. The van der Waals surface area contributed by atoms with Gasteiger partial charge in [0.2, 0.25) is 10.0 Å². The molecule has 0 bridgehead atoms. The van der Waals surface area contributed by atoms with Gasteiger partial charge in [0.25, 0.3) is 0 Å². The molecular weight excluding hydrogens is 322 g/mol. The first-order valence-corrected chi connectivity index (χ1v) is 7.94. The molecule has 1 rings (SSSR count). The normalized spacial score (nSPS) is 14.1. The molecule has 0 aliphatic carbocycles. The Bertz CT molecular complexity index is 418. The summed E-state index contributed by atoms with van der Waals surface area (Å²) in [5.74, 6) is 0. The van der Waals surface area contributed by atoms with Crippen LogP contribution in [0.3, 0.4) is 0 Å². The maximum absolute atomic E-state index is 11.7. The molecule has 1 heterocycles. The highest BCUT2D eigenvalue weighted by Gasteiger charge is 2.17. The molecule has 3 nitrogen and oxygen atoms in total. The van der Waals surface area contributed by atoms with Gasteiger partial charge in [-0.2, -0.15) is 0 Å². The largest absolute Gasteiger partial charge is 0.250 e. The van der Waals surface area contributed by atoms with Crippen molar-refractivity contribution in [3.8, 4) is 0 Å². The molecule has 0 radical (unpaired) electrons. The Morgan fingerprint density at radius 2 is 2.27 bits per heavy atom. The highest BCUT2D eigenvalue weighted by atomic mass is 79.9. The Hall–Kier alpha value is 0.380. The molecule has 0 aliphatic heterocycles. The van der Waals surface area contributed by atoms with Crippen molar-refractivity contribution in [1.29, 1.82) is 0 Å². The fraction of sp³-hybridized carbons (Fsp3) is 0.500. The van der Waals surface area contributed by atoms with Gasteiger partial charge in [0.05, 0.1) is 4.34 Å². The number of alkyl halides is 1. The molecule has 0 fully saturated rings. The lowest BCUT2D eigenvalue weighted by molar-refractivity contribution is 0.582. The molecule has 15 heavy (non-hydrogen) atoms. The molecule has 1 aromatic rings. The van der Waals surface area contributed by atoms with Crippen LogP contribution in [0, 0.1) is 0 Å². The van der Waals surface area contributed by atoms with E-state index in [9.17, 15) is 8.42 Å². The molecule has 0 saturated heterocycles. The second-order valence-electron chi connectivity index (χ2n) is 2.92. The maximum atomic E-state index is 11.7. The van der Waals surface area contributed by atoms with Crippen LogP contribution in [0.1, 0.15) is 13.3 Å². The first-order chi connectivity index (χ1) is 6.95. The topological polar surface area (TPSA) is 46.2 Å². The van der Waals surface area contributed by atoms with Gasteiger partial charge in [0.15, 0.2) is 0 Å². The van der Waals surface area contributed by atoms with Crippen LogP contribution in [0.25, 0.3) is 0 Å². The van der Waals surface area contributed by atoms with Crippen LogP contribution in [-0.2, 0) is 10.0 Å². The summed E-state index contributed by atoms with van der Waals surface area (Å²) in [7, 11) is -3.39. The summed E-state index contributed by atoms with van der Waals surface area (Å²) < 4.78 is 26.6. The molecule has 7 heteroatoms. The van der Waals surface area contributed by atoms with Crippen LogP contribution in [0.4, 0.5) is 0 Å². The van der Waals surface area contributed by atoms with Gasteiger partial charge < -0.3 is 0 Å². The molecule has 1 unspecified atom stereocenters. The number of thiophene rings is 1. The molecule has 1 atom stereocenters. The number of halogens is 2. The van der Waals surface area contributed by atoms with Crippen molar-refractivity contribution in [2.75, 3.05) is 6.54 Å². The summed E-state index contributed by atoms with van der Waals surface area (Å²) in [6.45, 7) is 2.37. The van der Waals surface area contributed by atoms with Crippen LogP contribution < -0.4 is 4.72 Å². The number of sulfonamides is 1. The van der Waals surface area contributed by atoms with Crippen LogP contribution in [0.2, 0.25) is 4.34 Å². The van der Waals surface area contributed by atoms with Crippen LogP contribution in [0.5, 0.6) is 0 Å². The monoisotopic (exact) mass is 331 g/mol. The fourth-order valence-corrected chi connectivity index (χ4v) is 3.84. The van der Waals surface area contributed by atoms with Gasteiger partial charge in [-0.25, -0.2) is 13.1 Å². The van der Waals surface area contributed by atoms with E-state index in [1.54, 1.807) is 6.07 Å². The lowest BCUT2D eigenvalue weighted by Gasteiger charge is -2.07. The lowest BCUT2D eigenvalue weighted by atomic mass is 10.3. The van der Waals surface area contributed by atoms with Crippen LogP contribution >= 0.6 is 38.9 Å². The summed E-state index contributed by atoms with van der Waals surface area (Å²) in [6.07, 6.45) is 0.869.